The first-order valence-electron chi connectivity index (χ1n) is 5.90. The molecule has 0 saturated heterocycles. The molecule has 18 heavy (non-hydrogen) atoms. The van der Waals surface area contributed by atoms with Crippen molar-refractivity contribution >= 4 is 0 Å². The van der Waals surface area contributed by atoms with Gasteiger partial charge < -0.3 is 10.2 Å². The molecule has 0 spiro atoms. The van der Waals surface area contributed by atoms with Crippen molar-refractivity contribution in [3.63, 3.8) is 0 Å². The van der Waals surface area contributed by atoms with Crippen molar-refractivity contribution in [1.29, 1.82) is 0 Å². The SMILES string of the molecule is OC(c1cccc(C(F)(F)F)c1)C1(O)CCCC1. The summed E-state index contributed by atoms with van der Waals surface area (Å²) in [4.78, 5) is 0. The molecule has 0 aromatic heterocycles. The predicted molar refractivity (Wildman–Crippen MR) is 59.8 cm³/mol. The van der Waals surface area contributed by atoms with E-state index in [2.05, 4.69) is 0 Å². The lowest BCUT2D eigenvalue weighted by molar-refractivity contribution is -0.137. The van der Waals surface area contributed by atoms with E-state index in [-0.39, 0.29) is 5.56 Å². The monoisotopic (exact) mass is 260 g/mol. The number of benzene rings is 1. The fraction of sp³-hybridized carbons (Fsp3) is 0.538. The molecule has 1 aliphatic rings. The van der Waals surface area contributed by atoms with E-state index in [0.29, 0.717) is 12.8 Å². The molecular weight excluding hydrogens is 245 g/mol. The zero-order valence-corrected chi connectivity index (χ0v) is 9.74. The maximum Gasteiger partial charge on any atom is 0.416 e. The molecule has 1 aromatic rings. The maximum absolute atomic E-state index is 12.6. The number of halogens is 3. The largest absolute Gasteiger partial charge is 0.416 e. The van der Waals surface area contributed by atoms with E-state index in [1.807, 2.05) is 0 Å². The molecule has 2 nitrogen and oxygen atoms in total. The summed E-state index contributed by atoms with van der Waals surface area (Å²) in [6.07, 6.45) is -3.29. The molecule has 1 atom stereocenters. The molecule has 100 valence electrons. The Labute approximate surface area is 103 Å². The van der Waals surface area contributed by atoms with E-state index in [1.165, 1.54) is 12.1 Å². The predicted octanol–water partition coefficient (Wildman–Crippen LogP) is 3.04. The van der Waals surface area contributed by atoms with Gasteiger partial charge in [-0.1, -0.05) is 25.0 Å². The maximum atomic E-state index is 12.6. The molecule has 1 aromatic carbocycles. The van der Waals surface area contributed by atoms with Crippen LogP contribution in [0.2, 0.25) is 0 Å². The third-order valence-electron chi connectivity index (χ3n) is 3.51. The van der Waals surface area contributed by atoms with Crippen LogP contribution in [0.15, 0.2) is 24.3 Å². The van der Waals surface area contributed by atoms with Crippen LogP contribution >= 0.6 is 0 Å². The third kappa shape index (κ3) is 2.52. The van der Waals surface area contributed by atoms with Crippen molar-refractivity contribution in [3.8, 4) is 0 Å². The Morgan fingerprint density at radius 2 is 1.78 bits per heavy atom. The fourth-order valence-electron chi connectivity index (χ4n) is 2.46. The zero-order chi connectivity index (χ0) is 13.4. The van der Waals surface area contributed by atoms with Crippen molar-refractivity contribution < 1.29 is 23.4 Å². The van der Waals surface area contributed by atoms with Crippen LogP contribution in [0.5, 0.6) is 0 Å². The zero-order valence-electron chi connectivity index (χ0n) is 9.74. The Morgan fingerprint density at radius 3 is 2.33 bits per heavy atom. The summed E-state index contributed by atoms with van der Waals surface area (Å²) < 4.78 is 37.7. The van der Waals surface area contributed by atoms with Crippen LogP contribution in [0, 0.1) is 0 Å². The van der Waals surface area contributed by atoms with Crippen molar-refractivity contribution in [2.75, 3.05) is 0 Å². The minimum Gasteiger partial charge on any atom is -0.387 e. The summed E-state index contributed by atoms with van der Waals surface area (Å²) in [7, 11) is 0. The molecule has 2 rings (SSSR count). The standard InChI is InChI=1S/C13H15F3O2/c14-13(15,16)10-5-3-4-9(8-10)11(17)12(18)6-1-2-7-12/h3-5,8,11,17-18H,1-2,6-7H2. The first-order chi connectivity index (χ1) is 8.33. The van der Waals surface area contributed by atoms with Crippen LogP contribution < -0.4 is 0 Å². The van der Waals surface area contributed by atoms with Crippen LogP contribution in [-0.4, -0.2) is 15.8 Å². The Hall–Kier alpha value is -1.07. The lowest BCUT2D eigenvalue weighted by Gasteiger charge is -2.29. The van der Waals surface area contributed by atoms with Gasteiger partial charge in [0.05, 0.1) is 11.2 Å². The second kappa shape index (κ2) is 4.55. The highest BCUT2D eigenvalue weighted by molar-refractivity contribution is 5.29. The van der Waals surface area contributed by atoms with Crippen LogP contribution in [-0.2, 0) is 6.18 Å². The van der Waals surface area contributed by atoms with Gasteiger partial charge in [0.1, 0.15) is 6.10 Å². The average Bonchev–Trinajstić information content (AvgIpc) is 2.75. The normalized spacial score (nSPS) is 20.9. The number of rotatable bonds is 2. The van der Waals surface area contributed by atoms with Crippen molar-refractivity contribution in [1.82, 2.24) is 0 Å². The van der Waals surface area contributed by atoms with Gasteiger partial charge >= 0.3 is 6.18 Å². The quantitative estimate of drug-likeness (QED) is 0.858. The summed E-state index contributed by atoms with van der Waals surface area (Å²) in [5.74, 6) is 0. The minimum atomic E-state index is -4.44. The van der Waals surface area contributed by atoms with Crippen LogP contribution in [0.4, 0.5) is 13.2 Å². The summed E-state index contributed by atoms with van der Waals surface area (Å²) in [6.45, 7) is 0. The Balaban J connectivity index is 2.28. The molecule has 0 radical (unpaired) electrons. The number of alkyl halides is 3. The molecule has 0 aliphatic heterocycles. The van der Waals surface area contributed by atoms with E-state index in [9.17, 15) is 23.4 Å². The average molecular weight is 260 g/mol. The lowest BCUT2D eigenvalue weighted by atomic mass is 9.89. The van der Waals surface area contributed by atoms with Gasteiger partial charge in [0, 0.05) is 0 Å². The van der Waals surface area contributed by atoms with Crippen molar-refractivity contribution in [2.24, 2.45) is 0 Å². The van der Waals surface area contributed by atoms with Crippen LogP contribution in [0.1, 0.15) is 42.9 Å². The summed E-state index contributed by atoms with van der Waals surface area (Å²) in [5, 5.41) is 20.2. The smallest absolute Gasteiger partial charge is 0.387 e. The Kier molecular flexibility index (Phi) is 3.38. The number of aliphatic hydroxyl groups is 2. The fourth-order valence-corrected chi connectivity index (χ4v) is 2.46. The Bertz CT molecular complexity index is 422. The summed E-state index contributed by atoms with van der Waals surface area (Å²) in [5.41, 5.74) is -1.97. The van der Waals surface area contributed by atoms with Crippen LogP contribution in [0.3, 0.4) is 0 Å². The van der Waals surface area contributed by atoms with E-state index >= 15 is 0 Å². The summed E-state index contributed by atoms with van der Waals surface area (Å²) in [6, 6.07) is 4.52. The van der Waals surface area contributed by atoms with Crippen molar-refractivity contribution in [3.05, 3.63) is 35.4 Å². The number of aliphatic hydroxyl groups excluding tert-OH is 1. The van der Waals surface area contributed by atoms with Gasteiger partial charge in [-0.25, -0.2) is 0 Å². The molecule has 0 bridgehead atoms. The Morgan fingerprint density at radius 1 is 1.17 bits per heavy atom. The highest BCUT2D eigenvalue weighted by Gasteiger charge is 2.40. The van der Waals surface area contributed by atoms with Gasteiger partial charge in [-0.2, -0.15) is 13.2 Å². The second-order valence-corrected chi connectivity index (χ2v) is 4.84. The molecule has 2 N–H and O–H groups in total. The van der Waals surface area contributed by atoms with E-state index in [1.54, 1.807) is 0 Å². The van der Waals surface area contributed by atoms with Gasteiger partial charge in [-0.15, -0.1) is 0 Å². The summed E-state index contributed by atoms with van der Waals surface area (Å²) >= 11 is 0. The molecule has 0 heterocycles. The lowest BCUT2D eigenvalue weighted by Crippen LogP contribution is -2.33. The number of hydrogen-bond donors (Lipinski definition) is 2. The number of hydrogen-bond acceptors (Lipinski definition) is 2. The van der Waals surface area contributed by atoms with Gasteiger partial charge in [0.25, 0.3) is 0 Å². The van der Waals surface area contributed by atoms with Gasteiger partial charge in [0.2, 0.25) is 0 Å². The van der Waals surface area contributed by atoms with Gasteiger partial charge in [0.15, 0.2) is 0 Å². The minimum absolute atomic E-state index is 0.120. The molecule has 1 saturated carbocycles. The first-order valence-corrected chi connectivity index (χ1v) is 5.90. The second-order valence-electron chi connectivity index (χ2n) is 4.84. The topological polar surface area (TPSA) is 40.5 Å². The third-order valence-corrected chi connectivity index (χ3v) is 3.51. The molecule has 0 amide bonds. The molecule has 1 unspecified atom stereocenters. The van der Waals surface area contributed by atoms with Gasteiger partial charge in [-0.3, -0.25) is 0 Å². The first kappa shape index (κ1) is 13.4. The molecular formula is C13H15F3O2. The van der Waals surface area contributed by atoms with E-state index in [4.69, 9.17) is 0 Å². The molecule has 1 fully saturated rings. The molecule has 1 aliphatic carbocycles. The van der Waals surface area contributed by atoms with Gasteiger partial charge in [-0.05, 0) is 30.5 Å². The van der Waals surface area contributed by atoms with E-state index in [0.717, 1.165) is 25.0 Å². The van der Waals surface area contributed by atoms with Crippen LogP contribution in [0.25, 0.3) is 0 Å². The molecule has 5 heteroatoms. The highest BCUT2D eigenvalue weighted by atomic mass is 19.4. The van der Waals surface area contributed by atoms with Crippen molar-refractivity contribution in [2.45, 2.75) is 43.6 Å². The van der Waals surface area contributed by atoms with E-state index < -0.39 is 23.4 Å². The highest BCUT2D eigenvalue weighted by Crippen LogP contribution is 2.40.